The lowest BCUT2D eigenvalue weighted by molar-refractivity contribution is -0.137. The highest BCUT2D eigenvalue weighted by atomic mass is 19.4. The molecular formula is C33H38F3N5O2. The predicted molar refractivity (Wildman–Crippen MR) is 161 cm³/mol. The number of H-pyrrole nitrogens is 1. The summed E-state index contributed by atoms with van der Waals surface area (Å²) in [5.74, 6) is 1.30. The van der Waals surface area contributed by atoms with Crippen molar-refractivity contribution in [3.63, 3.8) is 0 Å². The van der Waals surface area contributed by atoms with Gasteiger partial charge in [-0.25, -0.2) is 0 Å². The number of aromatic amines is 1. The molecule has 4 heterocycles. The van der Waals surface area contributed by atoms with Gasteiger partial charge in [-0.05, 0) is 79.5 Å². The number of benzene rings is 2. The van der Waals surface area contributed by atoms with Crippen molar-refractivity contribution < 1.29 is 22.7 Å². The van der Waals surface area contributed by atoms with E-state index in [0.717, 1.165) is 73.5 Å². The second-order valence-corrected chi connectivity index (χ2v) is 11.8. The number of hydrogen-bond donors (Lipinski definition) is 2. The van der Waals surface area contributed by atoms with Gasteiger partial charge in [0.25, 0.3) is 5.91 Å². The van der Waals surface area contributed by atoms with Crippen molar-refractivity contribution in [3.05, 3.63) is 94.5 Å². The molecule has 2 fully saturated rings. The Bertz CT molecular complexity index is 1490. The van der Waals surface area contributed by atoms with Crippen molar-refractivity contribution in [1.29, 1.82) is 0 Å². The lowest BCUT2D eigenvalue weighted by Crippen LogP contribution is -2.48. The Balaban J connectivity index is 1.01. The van der Waals surface area contributed by atoms with Gasteiger partial charge < -0.3 is 19.9 Å². The first-order chi connectivity index (χ1) is 20.7. The van der Waals surface area contributed by atoms with Gasteiger partial charge in [-0.3, -0.25) is 14.6 Å². The molecule has 0 radical (unpaired) electrons. The third kappa shape index (κ3) is 6.91. The van der Waals surface area contributed by atoms with Gasteiger partial charge in [-0.2, -0.15) is 13.2 Å². The van der Waals surface area contributed by atoms with Crippen LogP contribution in [-0.4, -0.2) is 85.1 Å². The van der Waals surface area contributed by atoms with Crippen LogP contribution in [0.15, 0.2) is 72.1 Å². The minimum absolute atomic E-state index is 0.0195. The summed E-state index contributed by atoms with van der Waals surface area (Å²) >= 11 is 0. The van der Waals surface area contributed by atoms with E-state index in [1.54, 1.807) is 7.11 Å². The van der Waals surface area contributed by atoms with Gasteiger partial charge >= 0.3 is 6.18 Å². The number of nitrogens with one attached hydrogen (secondary N) is 2. The number of piperidine rings is 1. The maximum Gasteiger partial charge on any atom is 0.416 e. The van der Waals surface area contributed by atoms with E-state index in [-0.39, 0.29) is 5.91 Å². The van der Waals surface area contributed by atoms with Gasteiger partial charge in [0.15, 0.2) is 5.88 Å². The summed E-state index contributed by atoms with van der Waals surface area (Å²) in [5, 5.41) is 4.35. The van der Waals surface area contributed by atoms with Crippen LogP contribution in [0.25, 0.3) is 10.9 Å². The molecule has 7 nitrogen and oxygen atoms in total. The van der Waals surface area contributed by atoms with E-state index in [2.05, 4.69) is 32.2 Å². The Hall–Kier alpha value is -3.76. The molecule has 1 aromatic heterocycles. The Morgan fingerprint density at radius 3 is 2.28 bits per heavy atom. The molecule has 6 rings (SSSR count). The predicted octanol–water partition coefficient (Wildman–Crippen LogP) is 5.34. The van der Waals surface area contributed by atoms with Crippen LogP contribution in [0.4, 0.5) is 13.2 Å². The van der Waals surface area contributed by atoms with Crippen LogP contribution in [0.2, 0.25) is 0 Å². The van der Waals surface area contributed by atoms with Gasteiger partial charge in [-0.15, -0.1) is 0 Å². The summed E-state index contributed by atoms with van der Waals surface area (Å²) in [6.45, 7) is 6.99. The van der Waals surface area contributed by atoms with E-state index < -0.39 is 11.7 Å². The molecule has 0 aliphatic carbocycles. The second kappa shape index (κ2) is 12.5. The van der Waals surface area contributed by atoms with E-state index in [0.29, 0.717) is 44.2 Å². The zero-order valence-corrected chi connectivity index (χ0v) is 24.4. The number of amides is 1. The molecule has 2 saturated heterocycles. The van der Waals surface area contributed by atoms with E-state index >= 15 is 0 Å². The highest BCUT2D eigenvalue weighted by Crippen LogP contribution is 2.31. The van der Waals surface area contributed by atoms with Crippen molar-refractivity contribution in [1.82, 2.24) is 25.0 Å². The smallest absolute Gasteiger partial charge is 0.416 e. The average Bonchev–Trinajstić information content (AvgIpc) is 3.45. The fraction of sp³-hybridized carbons (Fsp3) is 0.424. The number of nitrogens with zero attached hydrogens (tertiary/aromatic N) is 3. The van der Waals surface area contributed by atoms with Crippen LogP contribution in [0.5, 0.6) is 0 Å². The third-order valence-electron chi connectivity index (χ3n) is 8.87. The minimum Gasteiger partial charge on any atom is -0.483 e. The number of ether oxygens (including phenoxy) is 1. The molecule has 2 N–H and O–H groups in total. The first-order valence-corrected chi connectivity index (χ1v) is 15.0. The molecule has 10 heteroatoms. The Labute approximate surface area is 250 Å². The molecule has 0 unspecified atom stereocenters. The monoisotopic (exact) mass is 593 g/mol. The summed E-state index contributed by atoms with van der Waals surface area (Å²) in [4.78, 5) is 23.5. The van der Waals surface area contributed by atoms with Crippen molar-refractivity contribution in [3.8, 4) is 0 Å². The van der Waals surface area contributed by atoms with E-state index in [9.17, 15) is 18.0 Å². The number of alkyl halides is 3. The topological polar surface area (TPSA) is 63.8 Å². The number of rotatable bonds is 7. The zero-order valence-electron chi connectivity index (χ0n) is 24.4. The van der Waals surface area contributed by atoms with Crippen LogP contribution >= 0.6 is 0 Å². The molecule has 3 aliphatic rings. The highest BCUT2D eigenvalue weighted by molar-refractivity contribution is 5.98. The number of dihydropyridines is 1. The van der Waals surface area contributed by atoms with Crippen molar-refractivity contribution in [2.45, 2.75) is 31.5 Å². The standard InChI is InChI=1S/C33H38F3N5O2/c1-43-31-9-4-24(20-37-31)22-39-12-10-25(11-13-39)30-19-27-18-26(5-8-29(27)38-30)32(42)41-16-14-40(15-17-41)21-23-2-6-28(7-3-23)33(34,35)36/h2-9,18-19,25,37-38H,10-17,20-22H2,1H3. The lowest BCUT2D eigenvalue weighted by Gasteiger charge is -2.34. The zero-order chi connectivity index (χ0) is 30.0. The van der Waals surface area contributed by atoms with Crippen LogP contribution < -0.4 is 5.32 Å². The first-order valence-electron chi connectivity index (χ1n) is 15.0. The molecule has 0 bridgehead atoms. The average molecular weight is 594 g/mol. The van der Waals surface area contributed by atoms with Crippen LogP contribution in [0.1, 0.15) is 45.9 Å². The number of halogens is 3. The molecular weight excluding hydrogens is 555 g/mol. The lowest BCUT2D eigenvalue weighted by atomic mass is 9.93. The number of fused-ring (bicyclic) bond motifs is 1. The summed E-state index contributed by atoms with van der Waals surface area (Å²) in [6, 6.07) is 13.4. The summed E-state index contributed by atoms with van der Waals surface area (Å²) in [7, 11) is 1.67. The van der Waals surface area contributed by atoms with Crippen molar-refractivity contribution in [2.75, 3.05) is 59.5 Å². The summed E-state index contributed by atoms with van der Waals surface area (Å²) in [5.41, 5.74) is 4.54. The fourth-order valence-corrected chi connectivity index (χ4v) is 6.31. The maximum atomic E-state index is 13.3. The van der Waals surface area contributed by atoms with Gasteiger partial charge in [-0.1, -0.05) is 18.2 Å². The molecule has 228 valence electrons. The van der Waals surface area contributed by atoms with Crippen LogP contribution in [-0.2, 0) is 17.5 Å². The molecule has 0 atom stereocenters. The van der Waals surface area contributed by atoms with Gasteiger partial charge in [0, 0.05) is 73.9 Å². The highest BCUT2D eigenvalue weighted by Gasteiger charge is 2.30. The number of carbonyl (C=O) groups excluding carboxylic acids is 1. The molecule has 0 spiro atoms. The quantitative estimate of drug-likeness (QED) is 0.387. The maximum absolute atomic E-state index is 13.3. The normalized spacial score (nSPS) is 19.2. The molecule has 2 aromatic carbocycles. The summed E-state index contributed by atoms with van der Waals surface area (Å²) in [6.07, 6.45) is 2.00. The Kier molecular flexibility index (Phi) is 8.50. The number of hydrogen-bond acceptors (Lipinski definition) is 5. The minimum atomic E-state index is -4.33. The van der Waals surface area contributed by atoms with Crippen LogP contribution in [0, 0.1) is 0 Å². The number of aromatic nitrogens is 1. The SMILES string of the molecule is COC1=CC=C(CN2CCC(c3cc4cc(C(=O)N5CCN(Cc6ccc(C(F)(F)F)cc6)CC5)ccc4[nH]3)CC2)CN1. The van der Waals surface area contributed by atoms with E-state index in [1.165, 1.54) is 23.4 Å². The van der Waals surface area contributed by atoms with Gasteiger partial charge in [0.2, 0.25) is 0 Å². The first kappa shape index (κ1) is 29.3. The van der Waals surface area contributed by atoms with Gasteiger partial charge in [0.1, 0.15) is 0 Å². The second-order valence-electron chi connectivity index (χ2n) is 11.8. The third-order valence-corrected chi connectivity index (χ3v) is 8.87. The molecule has 0 saturated carbocycles. The number of likely N-dealkylation sites (tertiary alicyclic amines) is 1. The Morgan fingerprint density at radius 2 is 1.63 bits per heavy atom. The number of allylic oxidation sites excluding steroid dienone is 2. The largest absolute Gasteiger partial charge is 0.483 e. The number of methoxy groups -OCH3 is 1. The van der Waals surface area contributed by atoms with Crippen molar-refractivity contribution >= 4 is 16.8 Å². The van der Waals surface area contributed by atoms with Crippen molar-refractivity contribution in [2.24, 2.45) is 0 Å². The molecule has 3 aliphatic heterocycles. The number of piperazine rings is 1. The van der Waals surface area contributed by atoms with E-state index in [1.807, 2.05) is 29.2 Å². The molecule has 3 aromatic rings. The molecule has 43 heavy (non-hydrogen) atoms. The fourth-order valence-electron chi connectivity index (χ4n) is 6.31. The summed E-state index contributed by atoms with van der Waals surface area (Å²) < 4.78 is 43.8. The van der Waals surface area contributed by atoms with Crippen LogP contribution in [0.3, 0.4) is 0 Å². The van der Waals surface area contributed by atoms with Gasteiger partial charge in [0.05, 0.1) is 12.7 Å². The number of carbonyl (C=O) groups is 1. The van der Waals surface area contributed by atoms with E-state index in [4.69, 9.17) is 4.74 Å². The Morgan fingerprint density at radius 1 is 0.907 bits per heavy atom. The molecule has 1 amide bonds.